The van der Waals surface area contributed by atoms with Crippen LogP contribution in [0.4, 0.5) is 4.79 Å². The van der Waals surface area contributed by atoms with Gasteiger partial charge in [0.1, 0.15) is 6.04 Å². The lowest BCUT2D eigenvalue weighted by Gasteiger charge is -2.19. The summed E-state index contributed by atoms with van der Waals surface area (Å²) in [5, 5.41) is 14.0. The summed E-state index contributed by atoms with van der Waals surface area (Å²) < 4.78 is 0. The van der Waals surface area contributed by atoms with E-state index in [1.54, 1.807) is 25.6 Å². The number of carbonyl (C=O) groups is 2. The van der Waals surface area contributed by atoms with Crippen molar-refractivity contribution in [2.45, 2.75) is 26.8 Å². The molecule has 3 N–H and O–H groups in total. The lowest BCUT2D eigenvalue weighted by molar-refractivity contribution is -0.140. The summed E-state index contributed by atoms with van der Waals surface area (Å²) in [4.78, 5) is 22.3. The van der Waals surface area contributed by atoms with Crippen molar-refractivity contribution in [3.8, 4) is 0 Å². The summed E-state index contributed by atoms with van der Waals surface area (Å²) in [5.41, 5.74) is 0. The second-order valence-corrected chi connectivity index (χ2v) is 5.39. The van der Waals surface area contributed by atoms with Gasteiger partial charge in [0.25, 0.3) is 0 Å². The highest BCUT2D eigenvalue weighted by Crippen LogP contribution is 2.03. The molecule has 0 aliphatic rings. The lowest BCUT2D eigenvalue weighted by atomic mass is 10.1. The Bertz CT molecular complexity index is 259. The van der Waals surface area contributed by atoms with Gasteiger partial charge in [-0.25, -0.2) is 9.59 Å². The largest absolute Gasteiger partial charge is 0.480 e. The maximum atomic E-state index is 11.5. The summed E-state index contributed by atoms with van der Waals surface area (Å²) >= 11 is 1.72. The molecule has 0 spiro atoms. The monoisotopic (exact) mass is 262 g/mol. The van der Waals surface area contributed by atoms with Crippen molar-refractivity contribution in [1.29, 1.82) is 0 Å². The number of carboxylic acids is 1. The van der Waals surface area contributed by atoms with Crippen LogP contribution in [0.15, 0.2) is 0 Å². The molecule has 0 saturated carbocycles. The Morgan fingerprint density at radius 3 is 2.29 bits per heavy atom. The molecule has 0 saturated heterocycles. The van der Waals surface area contributed by atoms with Gasteiger partial charge in [-0.3, -0.25) is 0 Å². The molecular weight excluding hydrogens is 240 g/mol. The number of urea groups is 1. The lowest BCUT2D eigenvalue weighted by Crippen LogP contribution is -2.49. The number of nitrogens with one attached hydrogen (secondary N) is 2. The van der Waals surface area contributed by atoms with Crippen LogP contribution >= 0.6 is 11.8 Å². The predicted octanol–water partition coefficient (Wildman–Crippen LogP) is 1.39. The molecule has 0 aromatic carbocycles. The van der Waals surface area contributed by atoms with E-state index in [4.69, 9.17) is 5.11 Å². The molecule has 0 bridgehead atoms. The van der Waals surface area contributed by atoms with Gasteiger partial charge in [0, 0.05) is 6.54 Å². The van der Waals surface area contributed by atoms with Crippen LogP contribution in [0.3, 0.4) is 0 Å². The predicted molar refractivity (Wildman–Crippen MR) is 70.3 cm³/mol. The summed E-state index contributed by atoms with van der Waals surface area (Å²) in [6.07, 6.45) is 2.01. The van der Waals surface area contributed by atoms with Gasteiger partial charge in [-0.05, 0) is 23.8 Å². The van der Waals surface area contributed by atoms with Gasteiger partial charge >= 0.3 is 12.0 Å². The van der Waals surface area contributed by atoms with Gasteiger partial charge in [-0.1, -0.05) is 20.8 Å². The molecule has 0 heterocycles. The first-order chi connectivity index (χ1) is 7.88. The van der Waals surface area contributed by atoms with E-state index in [1.165, 1.54) is 0 Å². The zero-order valence-electron chi connectivity index (χ0n) is 10.8. The molecule has 0 fully saturated rings. The summed E-state index contributed by atoms with van der Waals surface area (Å²) in [6, 6.07) is -1.26. The Labute approximate surface area is 107 Å². The minimum Gasteiger partial charge on any atom is -0.480 e. The molecule has 0 aromatic rings. The molecule has 5 nitrogen and oxygen atoms in total. The van der Waals surface area contributed by atoms with Crippen LogP contribution in [-0.4, -0.2) is 41.7 Å². The summed E-state index contributed by atoms with van der Waals surface area (Å²) in [6.45, 7) is 6.11. The molecule has 2 amide bonds. The third-order valence-electron chi connectivity index (χ3n) is 2.28. The fourth-order valence-corrected chi connectivity index (χ4v) is 2.00. The SMILES string of the molecule is CSCC(C)CNC(=O)N[C@H](C(=O)O)C(C)C. The van der Waals surface area contributed by atoms with E-state index in [1.807, 2.05) is 13.2 Å². The quantitative estimate of drug-likeness (QED) is 0.648. The molecule has 0 aromatic heterocycles. The van der Waals surface area contributed by atoms with Crippen molar-refractivity contribution in [2.75, 3.05) is 18.6 Å². The van der Waals surface area contributed by atoms with E-state index >= 15 is 0 Å². The molecule has 0 rings (SSSR count). The molecular formula is C11H22N2O3S. The van der Waals surface area contributed by atoms with Crippen molar-refractivity contribution in [3.05, 3.63) is 0 Å². The van der Waals surface area contributed by atoms with E-state index in [0.29, 0.717) is 12.5 Å². The first-order valence-corrected chi connectivity index (χ1v) is 7.04. The first kappa shape index (κ1) is 16.1. The minimum atomic E-state index is -1.01. The Hall–Kier alpha value is -0.910. The summed E-state index contributed by atoms with van der Waals surface area (Å²) in [5.74, 6) is 0.194. The van der Waals surface area contributed by atoms with E-state index in [-0.39, 0.29) is 5.92 Å². The van der Waals surface area contributed by atoms with E-state index < -0.39 is 18.0 Å². The Balaban J connectivity index is 4.03. The second kappa shape index (κ2) is 8.22. The maximum absolute atomic E-state index is 11.5. The van der Waals surface area contributed by atoms with Crippen LogP contribution in [0.1, 0.15) is 20.8 Å². The van der Waals surface area contributed by atoms with Crippen LogP contribution in [-0.2, 0) is 4.79 Å². The van der Waals surface area contributed by atoms with Gasteiger partial charge in [0.05, 0.1) is 0 Å². The van der Waals surface area contributed by atoms with Crippen molar-refractivity contribution >= 4 is 23.8 Å². The van der Waals surface area contributed by atoms with E-state index in [2.05, 4.69) is 10.6 Å². The summed E-state index contributed by atoms with van der Waals surface area (Å²) in [7, 11) is 0. The normalized spacial score (nSPS) is 14.2. The van der Waals surface area contributed by atoms with Crippen molar-refractivity contribution in [3.63, 3.8) is 0 Å². The molecule has 0 aliphatic heterocycles. The smallest absolute Gasteiger partial charge is 0.326 e. The Morgan fingerprint density at radius 2 is 1.88 bits per heavy atom. The molecule has 2 atom stereocenters. The van der Waals surface area contributed by atoms with Crippen LogP contribution in [0, 0.1) is 11.8 Å². The number of hydrogen-bond acceptors (Lipinski definition) is 3. The molecule has 0 radical (unpaired) electrons. The number of carbonyl (C=O) groups excluding carboxylic acids is 1. The van der Waals surface area contributed by atoms with Crippen molar-refractivity contribution in [2.24, 2.45) is 11.8 Å². The fourth-order valence-electron chi connectivity index (χ4n) is 1.32. The molecule has 17 heavy (non-hydrogen) atoms. The van der Waals surface area contributed by atoms with Crippen LogP contribution < -0.4 is 10.6 Å². The van der Waals surface area contributed by atoms with Gasteiger partial charge < -0.3 is 15.7 Å². The highest BCUT2D eigenvalue weighted by Gasteiger charge is 2.23. The zero-order valence-corrected chi connectivity index (χ0v) is 11.6. The number of amides is 2. The maximum Gasteiger partial charge on any atom is 0.326 e. The van der Waals surface area contributed by atoms with Gasteiger partial charge in [-0.15, -0.1) is 0 Å². The molecule has 6 heteroatoms. The van der Waals surface area contributed by atoms with Crippen LogP contribution in [0.25, 0.3) is 0 Å². The van der Waals surface area contributed by atoms with E-state index in [0.717, 1.165) is 5.75 Å². The second-order valence-electron chi connectivity index (χ2n) is 4.47. The van der Waals surface area contributed by atoms with Crippen molar-refractivity contribution < 1.29 is 14.7 Å². The van der Waals surface area contributed by atoms with Gasteiger partial charge in [0.2, 0.25) is 0 Å². The van der Waals surface area contributed by atoms with Crippen LogP contribution in [0.2, 0.25) is 0 Å². The molecule has 100 valence electrons. The molecule has 0 aliphatic carbocycles. The fraction of sp³-hybridized carbons (Fsp3) is 0.818. The van der Waals surface area contributed by atoms with Gasteiger partial charge in [-0.2, -0.15) is 11.8 Å². The third-order valence-corrected chi connectivity index (χ3v) is 3.18. The zero-order chi connectivity index (χ0) is 13.4. The minimum absolute atomic E-state index is 0.137. The topological polar surface area (TPSA) is 78.4 Å². The van der Waals surface area contributed by atoms with Crippen LogP contribution in [0.5, 0.6) is 0 Å². The molecule has 1 unspecified atom stereocenters. The number of aliphatic carboxylic acids is 1. The average molecular weight is 262 g/mol. The standard InChI is InChI=1S/C11H22N2O3S/c1-7(2)9(10(14)15)13-11(16)12-5-8(3)6-17-4/h7-9H,5-6H2,1-4H3,(H,14,15)(H2,12,13,16)/t8?,9-/m0/s1. The Kier molecular flexibility index (Phi) is 7.78. The van der Waals surface area contributed by atoms with Crippen molar-refractivity contribution in [1.82, 2.24) is 10.6 Å². The highest BCUT2D eigenvalue weighted by atomic mass is 32.2. The number of rotatable bonds is 7. The van der Waals surface area contributed by atoms with E-state index in [9.17, 15) is 9.59 Å². The number of hydrogen-bond donors (Lipinski definition) is 3. The Morgan fingerprint density at radius 1 is 1.29 bits per heavy atom. The van der Waals surface area contributed by atoms with Gasteiger partial charge in [0.15, 0.2) is 0 Å². The third kappa shape index (κ3) is 7.10. The number of thioether (sulfide) groups is 1. The number of carboxylic acid groups (broad SMARTS) is 1. The highest BCUT2D eigenvalue weighted by molar-refractivity contribution is 7.98. The average Bonchev–Trinajstić information content (AvgIpc) is 2.22. The first-order valence-electron chi connectivity index (χ1n) is 5.64.